The number of fused-ring (bicyclic) bond motifs is 3. The van der Waals surface area contributed by atoms with Gasteiger partial charge in [-0.15, -0.1) is 0 Å². The second-order valence-corrected chi connectivity index (χ2v) is 7.31. The van der Waals surface area contributed by atoms with Gasteiger partial charge in [0.2, 0.25) is 11.2 Å². The van der Waals surface area contributed by atoms with Gasteiger partial charge in [-0.05, 0) is 48.5 Å². The van der Waals surface area contributed by atoms with Crippen molar-refractivity contribution in [3.8, 4) is 17.2 Å². The van der Waals surface area contributed by atoms with Crippen LogP contribution in [0.5, 0.6) is 17.2 Å². The fourth-order valence-electron chi connectivity index (χ4n) is 3.64. The molecule has 2 aromatic heterocycles. The molecule has 0 atom stereocenters. The average Bonchev–Trinajstić information content (AvgIpc) is 3.33. The van der Waals surface area contributed by atoms with Gasteiger partial charge < -0.3 is 23.0 Å². The summed E-state index contributed by atoms with van der Waals surface area (Å²) in [7, 11) is 1.31. The van der Waals surface area contributed by atoms with Crippen LogP contribution in [0.15, 0.2) is 74.7 Å². The molecule has 1 aliphatic rings. The SMILES string of the molecule is COC(=O)c1ccc(Oc2coc3c4c(ccc3c2=O)OCN(Cc2ccco2)C4)cc1. The van der Waals surface area contributed by atoms with E-state index in [1.807, 2.05) is 17.0 Å². The fourth-order valence-corrected chi connectivity index (χ4v) is 3.64. The van der Waals surface area contributed by atoms with Gasteiger partial charge in [0.1, 0.15) is 35.8 Å². The maximum Gasteiger partial charge on any atom is 0.337 e. The van der Waals surface area contributed by atoms with E-state index in [1.165, 1.54) is 13.4 Å². The van der Waals surface area contributed by atoms with Crippen molar-refractivity contribution < 1.29 is 27.8 Å². The van der Waals surface area contributed by atoms with E-state index in [-0.39, 0.29) is 11.2 Å². The zero-order chi connectivity index (χ0) is 22.1. The predicted octanol–water partition coefficient (Wildman–Crippen LogP) is 4.32. The number of carbonyl (C=O) groups excluding carboxylic acids is 1. The molecule has 0 saturated carbocycles. The highest BCUT2D eigenvalue weighted by atomic mass is 16.5. The van der Waals surface area contributed by atoms with Crippen LogP contribution in [0, 0.1) is 0 Å². The van der Waals surface area contributed by atoms with Crippen molar-refractivity contribution in [2.75, 3.05) is 13.8 Å². The third-order valence-electron chi connectivity index (χ3n) is 5.22. The smallest absolute Gasteiger partial charge is 0.337 e. The van der Waals surface area contributed by atoms with Gasteiger partial charge >= 0.3 is 5.97 Å². The average molecular weight is 433 g/mol. The van der Waals surface area contributed by atoms with Gasteiger partial charge in [0.25, 0.3) is 0 Å². The second kappa shape index (κ2) is 8.24. The minimum Gasteiger partial charge on any atom is -0.478 e. The lowest BCUT2D eigenvalue weighted by atomic mass is 10.1. The van der Waals surface area contributed by atoms with E-state index in [2.05, 4.69) is 4.74 Å². The summed E-state index contributed by atoms with van der Waals surface area (Å²) in [6.45, 7) is 1.54. The molecule has 8 heteroatoms. The van der Waals surface area contributed by atoms with Crippen LogP contribution in [0.3, 0.4) is 0 Å². The summed E-state index contributed by atoms with van der Waals surface area (Å²) in [6, 6.07) is 13.5. The first-order valence-corrected chi connectivity index (χ1v) is 9.93. The van der Waals surface area contributed by atoms with E-state index in [1.54, 1.807) is 42.7 Å². The Labute approximate surface area is 182 Å². The third kappa shape index (κ3) is 3.72. The Kier molecular flexibility index (Phi) is 5.12. The number of esters is 1. The molecular formula is C24H19NO7. The predicted molar refractivity (Wildman–Crippen MR) is 114 cm³/mol. The number of furan rings is 1. The molecule has 0 radical (unpaired) electrons. The molecule has 0 bridgehead atoms. The first kappa shape index (κ1) is 19.9. The maximum absolute atomic E-state index is 13.0. The van der Waals surface area contributed by atoms with E-state index in [0.717, 1.165) is 11.3 Å². The molecule has 0 N–H and O–H groups in total. The maximum atomic E-state index is 13.0. The molecule has 0 spiro atoms. The second-order valence-electron chi connectivity index (χ2n) is 7.31. The summed E-state index contributed by atoms with van der Waals surface area (Å²) in [6.07, 6.45) is 2.93. The summed E-state index contributed by atoms with van der Waals surface area (Å²) in [5.41, 5.74) is 1.35. The molecule has 2 aromatic carbocycles. The van der Waals surface area contributed by atoms with Gasteiger partial charge in [0.05, 0.1) is 36.4 Å². The minimum absolute atomic E-state index is 0.0486. The van der Waals surface area contributed by atoms with E-state index < -0.39 is 5.97 Å². The van der Waals surface area contributed by atoms with Gasteiger partial charge in [0.15, 0.2) is 0 Å². The lowest BCUT2D eigenvalue weighted by Crippen LogP contribution is -2.31. The van der Waals surface area contributed by atoms with Crippen LogP contribution in [0.25, 0.3) is 11.0 Å². The van der Waals surface area contributed by atoms with Crippen molar-refractivity contribution >= 4 is 16.9 Å². The molecule has 8 nitrogen and oxygen atoms in total. The van der Waals surface area contributed by atoms with Gasteiger partial charge in [-0.1, -0.05) is 0 Å². The molecule has 0 unspecified atom stereocenters. The summed E-state index contributed by atoms with van der Waals surface area (Å²) in [5.74, 6) is 1.51. The first-order valence-electron chi connectivity index (χ1n) is 9.93. The molecule has 0 aliphatic carbocycles. The standard InChI is InChI=1S/C24H19NO7/c1-28-24(27)15-4-6-16(7-5-15)32-21-13-30-23-18(22(21)26)8-9-20-19(23)12-25(14-31-20)11-17-3-2-10-29-17/h2-10,13H,11-12,14H2,1H3. The molecule has 5 rings (SSSR count). The number of rotatable bonds is 5. The van der Waals surface area contributed by atoms with E-state index >= 15 is 0 Å². The van der Waals surface area contributed by atoms with Crippen LogP contribution in [-0.4, -0.2) is 24.7 Å². The van der Waals surface area contributed by atoms with Crippen LogP contribution in [-0.2, 0) is 17.8 Å². The van der Waals surface area contributed by atoms with Crippen molar-refractivity contribution in [2.45, 2.75) is 13.1 Å². The van der Waals surface area contributed by atoms with Crippen molar-refractivity contribution in [3.63, 3.8) is 0 Å². The number of nitrogens with zero attached hydrogens (tertiary/aromatic N) is 1. The highest BCUT2D eigenvalue weighted by molar-refractivity contribution is 5.89. The van der Waals surface area contributed by atoms with Crippen LogP contribution in [0.1, 0.15) is 21.7 Å². The first-order chi connectivity index (χ1) is 15.6. The molecular weight excluding hydrogens is 414 g/mol. The van der Waals surface area contributed by atoms with Crippen LogP contribution < -0.4 is 14.9 Å². The quantitative estimate of drug-likeness (QED) is 0.430. The summed E-state index contributed by atoms with van der Waals surface area (Å²) in [5, 5.41) is 0.399. The monoisotopic (exact) mass is 433 g/mol. The van der Waals surface area contributed by atoms with E-state index in [0.29, 0.717) is 47.9 Å². The summed E-state index contributed by atoms with van der Waals surface area (Å²) < 4.78 is 27.5. The van der Waals surface area contributed by atoms with E-state index in [4.69, 9.17) is 18.3 Å². The number of ether oxygens (including phenoxy) is 3. The Morgan fingerprint density at radius 3 is 2.69 bits per heavy atom. The molecule has 0 fully saturated rings. The zero-order valence-corrected chi connectivity index (χ0v) is 17.2. The Bertz CT molecular complexity index is 1320. The summed E-state index contributed by atoms with van der Waals surface area (Å²) in [4.78, 5) is 26.7. The van der Waals surface area contributed by atoms with Gasteiger partial charge in [-0.2, -0.15) is 0 Å². The zero-order valence-electron chi connectivity index (χ0n) is 17.2. The highest BCUT2D eigenvalue weighted by Gasteiger charge is 2.23. The van der Waals surface area contributed by atoms with Gasteiger partial charge in [-0.25, -0.2) is 4.79 Å². The Morgan fingerprint density at radius 2 is 1.94 bits per heavy atom. The normalized spacial score (nSPS) is 13.4. The molecule has 0 amide bonds. The van der Waals surface area contributed by atoms with Crippen LogP contribution in [0.4, 0.5) is 0 Å². The van der Waals surface area contributed by atoms with Crippen LogP contribution >= 0.6 is 0 Å². The third-order valence-corrected chi connectivity index (χ3v) is 5.22. The Morgan fingerprint density at radius 1 is 1.09 bits per heavy atom. The molecule has 4 aromatic rings. The summed E-state index contributed by atoms with van der Waals surface area (Å²) >= 11 is 0. The highest BCUT2D eigenvalue weighted by Crippen LogP contribution is 2.33. The fraction of sp³-hybridized carbons (Fsp3) is 0.167. The minimum atomic E-state index is -0.449. The largest absolute Gasteiger partial charge is 0.478 e. The number of benzene rings is 2. The molecule has 0 saturated heterocycles. The number of hydrogen-bond donors (Lipinski definition) is 0. The van der Waals surface area contributed by atoms with E-state index in [9.17, 15) is 9.59 Å². The van der Waals surface area contributed by atoms with Crippen molar-refractivity contribution in [1.82, 2.24) is 4.90 Å². The van der Waals surface area contributed by atoms with Gasteiger partial charge in [0, 0.05) is 6.54 Å². The van der Waals surface area contributed by atoms with Crippen LogP contribution in [0.2, 0.25) is 0 Å². The number of carbonyl (C=O) groups is 1. The number of hydrogen-bond acceptors (Lipinski definition) is 8. The molecule has 3 heterocycles. The lowest BCUT2D eigenvalue weighted by Gasteiger charge is -2.28. The molecule has 1 aliphatic heterocycles. The number of methoxy groups -OCH3 is 1. The molecule has 32 heavy (non-hydrogen) atoms. The van der Waals surface area contributed by atoms with Gasteiger partial charge in [-0.3, -0.25) is 9.69 Å². The topological polar surface area (TPSA) is 91.4 Å². The molecule has 162 valence electrons. The lowest BCUT2D eigenvalue weighted by molar-refractivity contribution is 0.0600. The van der Waals surface area contributed by atoms with Crippen molar-refractivity contribution in [2.24, 2.45) is 0 Å². The van der Waals surface area contributed by atoms with Crippen molar-refractivity contribution in [3.05, 3.63) is 88.2 Å². The Hall–Kier alpha value is -4.04. The Balaban J connectivity index is 1.42. The van der Waals surface area contributed by atoms with Crippen molar-refractivity contribution in [1.29, 1.82) is 0 Å².